The van der Waals surface area contributed by atoms with E-state index in [1.165, 1.54) is 38.5 Å². The van der Waals surface area contributed by atoms with Crippen molar-refractivity contribution in [3.05, 3.63) is 18.2 Å². The third-order valence-electron chi connectivity index (χ3n) is 4.00. The van der Waals surface area contributed by atoms with E-state index in [0.29, 0.717) is 6.04 Å². The molecule has 2 rings (SSSR count). The normalized spacial score (nSPS) is 23.1. The Balaban J connectivity index is 1.83. The summed E-state index contributed by atoms with van der Waals surface area (Å²) in [5, 5.41) is 6.85. The van der Waals surface area contributed by atoms with E-state index in [1.807, 2.05) is 6.07 Å². The Morgan fingerprint density at radius 1 is 1.11 bits per heavy atom. The molecule has 0 aliphatic heterocycles. The summed E-state index contributed by atoms with van der Waals surface area (Å²) >= 11 is 0. The molecule has 0 bridgehead atoms. The van der Waals surface area contributed by atoms with E-state index >= 15 is 0 Å². The molecule has 1 aliphatic rings. The van der Waals surface area contributed by atoms with Crippen molar-refractivity contribution < 1.29 is 0 Å². The largest absolute Gasteiger partial charge is 0.370 e. The second kappa shape index (κ2) is 7.37. The van der Waals surface area contributed by atoms with Crippen LogP contribution >= 0.6 is 0 Å². The van der Waals surface area contributed by atoms with Gasteiger partial charge in [-0.1, -0.05) is 25.8 Å². The molecule has 0 spiro atoms. The fourth-order valence-corrected chi connectivity index (χ4v) is 3.01. The molecule has 0 amide bonds. The van der Waals surface area contributed by atoms with E-state index in [9.17, 15) is 0 Å². The Bertz CT molecular complexity index is 370. The molecule has 1 heterocycles. The molecule has 19 heavy (non-hydrogen) atoms. The van der Waals surface area contributed by atoms with E-state index < -0.39 is 0 Å². The van der Waals surface area contributed by atoms with Gasteiger partial charge in [0.15, 0.2) is 0 Å². The van der Waals surface area contributed by atoms with Crippen molar-refractivity contribution in [1.29, 1.82) is 0 Å². The van der Waals surface area contributed by atoms with Crippen molar-refractivity contribution >= 4 is 11.6 Å². The zero-order chi connectivity index (χ0) is 13.5. The first-order valence-corrected chi connectivity index (χ1v) is 7.79. The highest BCUT2D eigenvalue weighted by Crippen LogP contribution is 2.29. The van der Waals surface area contributed by atoms with Crippen LogP contribution in [0.15, 0.2) is 18.2 Å². The van der Waals surface area contributed by atoms with Gasteiger partial charge in [0.05, 0.1) is 0 Å². The Kier molecular flexibility index (Phi) is 5.49. The number of aromatic nitrogens is 1. The Morgan fingerprint density at radius 3 is 2.53 bits per heavy atom. The molecule has 0 aromatic carbocycles. The lowest BCUT2D eigenvalue weighted by Gasteiger charge is -2.29. The van der Waals surface area contributed by atoms with Crippen LogP contribution in [0.2, 0.25) is 0 Å². The summed E-state index contributed by atoms with van der Waals surface area (Å²) in [4.78, 5) is 4.59. The van der Waals surface area contributed by atoms with Gasteiger partial charge in [0.1, 0.15) is 11.6 Å². The number of nitrogens with zero attached hydrogens (tertiary/aromatic N) is 1. The zero-order valence-corrected chi connectivity index (χ0v) is 12.3. The summed E-state index contributed by atoms with van der Waals surface area (Å²) < 4.78 is 0. The van der Waals surface area contributed by atoms with Crippen molar-refractivity contribution in [3.8, 4) is 0 Å². The van der Waals surface area contributed by atoms with E-state index in [0.717, 1.165) is 24.1 Å². The fraction of sp³-hybridized carbons (Fsp3) is 0.688. The first-order chi connectivity index (χ1) is 9.31. The van der Waals surface area contributed by atoms with Gasteiger partial charge in [0, 0.05) is 12.6 Å². The Labute approximate surface area is 117 Å². The van der Waals surface area contributed by atoms with E-state index in [2.05, 4.69) is 41.6 Å². The molecule has 0 unspecified atom stereocenters. The van der Waals surface area contributed by atoms with Crippen molar-refractivity contribution in [2.45, 2.75) is 58.4 Å². The highest BCUT2D eigenvalue weighted by Gasteiger charge is 2.20. The minimum Gasteiger partial charge on any atom is -0.370 e. The summed E-state index contributed by atoms with van der Waals surface area (Å²) in [6, 6.07) is 6.76. The first-order valence-electron chi connectivity index (χ1n) is 7.79. The predicted octanol–water partition coefficient (Wildman–Crippen LogP) is 4.28. The van der Waals surface area contributed by atoms with Gasteiger partial charge in [-0.05, 0) is 50.7 Å². The van der Waals surface area contributed by atoms with Gasteiger partial charge in [0.25, 0.3) is 0 Å². The summed E-state index contributed by atoms with van der Waals surface area (Å²) in [5.74, 6) is 2.94. The van der Waals surface area contributed by atoms with Crippen LogP contribution in [0.1, 0.15) is 52.4 Å². The van der Waals surface area contributed by atoms with Crippen LogP contribution in [0.4, 0.5) is 11.6 Å². The molecule has 3 nitrogen and oxygen atoms in total. The third-order valence-corrected chi connectivity index (χ3v) is 4.00. The smallest absolute Gasteiger partial charge is 0.128 e. The maximum atomic E-state index is 4.59. The number of hydrogen-bond acceptors (Lipinski definition) is 3. The number of anilines is 2. The van der Waals surface area contributed by atoms with Crippen molar-refractivity contribution in [2.24, 2.45) is 5.92 Å². The van der Waals surface area contributed by atoms with Gasteiger partial charge >= 0.3 is 0 Å². The third kappa shape index (κ3) is 4.41. The maximum absolute atomic E-state index is 4.59. The first kappa shape index (κ1) is 14.2. The molecular formula is C16H27N3. The monoisotopic (exact) mass is 261 g/mol. The lowest BCUT2D eigenvalue weighted by atomic mass is 9.83. The van der Waals surface area contributed by atoms with E-state index in [4.69, 9.17) is 0 Å². The van der Waals surface area contributed by atoms with E-state index in [-0.39, 0.29) is 0 Å². The van der Waals surface area contributed by atoms with Crippen molar-refractivity contribution in [1.82, 2.24) is 4.98 Å². The number of nitrogens with one attached hydrogen (secondary N) is 2. The average molecular weight is 261 g/mol. The van der Waals surface area contributed by atoms with Crippen LogP contribution < -0.4 is 10.6 Å². The summed E-state index contributed by atoms with van der Waals surface area (Å²) in [6.45, 7) is 5.30. The van der Waals surface area contributed by atoms with Gasteiger partial charge in [0.2, 0.25) is 0 Å². The second-order valence-corrected chi connectivity index (χ2v) is 5.59. The lowest BCUT2D eigenvalue weighted by Crippen LogP contribution is -2.26. The van der Waals surface area contributed by atoms with Gasteiger partial charge < -0.3 is 10.6 Å². The molecule has 1 aliphatic carbocycles. The number of pyridine rings is 1. The second-order valence-electron chi connectivity index (χ2n) is 5.59. The molecule has 106 valence electrons. The SMILES string of the molecule is CCCC1CCC(Nc2cccc(NCC)n2)CC1. The van der Waals surface area contributed by atoms with Crippen LogP contribution in [0.25, 0.3) is 0 Å². The molecule has 1 fully saturated rings. The zero-order valence-electron chi connectivity index (χ0n) is 12.3. The van der Waals surface area contributed by atoms with Gasteiger partial charge in [-0.25, -0.2) is 4.98 Å². The summed E-state index contributed by atoms with van der Waals surface area (Å²) in [6.07, 6.45) is 8.06. The number of hydrogen-bond donors (Lipinski definition) is 2. The van der Waals surface area contributed by atoms with Crippen LogP contribution in [-0.2, 0) is 0 Å². The highest BCUT2D eigenvalue weighted by atomic mass is 15.1. The van der Waals surface area contributed by atoms with Gasteiger partial charge in [-0.3, -0.25) is 0 Å². The minimum atomic E-state index is 0.609. The molecule has 1 aromatic heterocycles. The van der Waals surface area contributed by atoms with Gasteiger partial charge in [-0.15, -0.1) is 0 Å². The molecular weight excluding hydrogens is 234 g/mol. The Hall–Kier alpha value is -1.25. The van der Waals surface area contributed by atoms with Crippen molar-refractivity contribution in [2.75, 3.05) is 17.2 Å². The lowest BCUT2D eigenvalue weighted by molar-refractivity contribution is 0.318. The maximum Gasteiger partial charge on any atom is 0.128 e. The molecule has 0 saturated heterocycles. The topological polar surface area (TPSA) is 37.0 Å². The van der Waals surface area contributed by atoms with Crippen LogP contribution in [0.5, 0.6) is 0 Å². The van der Waals surface area contributed by atoms with Gasteiger partial charge in [-0.2, -0.15) is 0 Å². The highest BCUT2D eigenvalue weighted by molar-refractivity contribution is 5.45. The molecule has 1 aromatic rings. The standard InChI is InChI=1S/C16H27N3/c1-3-6-13-9-11-14(12-10-13)18-16-8-5-7-15(19-16)17-4-2/h5,7-8,13-14H,3-4,6,9-12H2,1-2H3,(H2,17,18,19). The summed E-state index contributed by atoms with van der Waals surface area (Å²) in [5.41, 5.74) is 0. The molecule has 3 heteroatoms. The average Bonchev–Trinajstić information content (AvgIpc) is 2.42. The summed E-state index contributed by atoms with van der Waals surface area (Å²) in [7, 11) is 0. The predicted molar refractivity (Wildman–Crippen MR) is 82.7 cm³/mol. The van der Waals surface area contributed by atoms with Crippen LogP contribution in [0.3, 0.4) is 0 Å². The molecule has 2 N–H and O–H groups in total. The fourth-order valence-electron chi connectivity index (χ4n) is 3.01. The molecule has 0 radical (unpaired) electrons. The van der Waals surface area contributed by atoms with Crippen molar-refractivity contribution in [3.63, 3.8) is 0 Å². The minimum absolute atomic E-state index is 0.609. The molecule has 0 atom stereocenters. The van der Waals surface area contributed by atoms with Crippen LogP contribution in [0, 0.1) is 5.92 Å². The number of rotatable bonds is 6. The quantitative estimate of drug-likeness (QED) is 0.802. The van der Waals surface area contributed by atoms with Crippen LogP contribution in [-0.4, -0.2) is 17.6 Å². The Morgan fingerprint density at radius 2 is 1.84 bits per heavy atom. The molecule has 1 saturated carbocycles. The van der Waals surface area contributed by atoms with E-state index in [1.54, 1.807) is 0 Å².